The lowest BCUT2D eigenvalue weighted by atomic mass is 10.0. The minimum atomic E-state index is -0.497. The van der Waals surface area contributed by atoms with Crippen LogP contribution in [0.5, 0.6) is 0 Å². The van der Waals surface area contributed by atoms with Crippen molar-refractivity contribution in [1.29, 1.82) is 0 Å². The van der Waals surface area contributed by atoms with E-state index in [1.807, 2.05) is 0 Å². The lowest BCUT2D eigenvalue weighted by molar-refractivity contribution is 0.655. The Balaban J connectivity index is 4.95. The van der Waals surface area contributed by atoms with Gasteiger partial charge in [0, 0.05) is 5.57 Å². The van der Waals surface area contributed by atoms with Crippen molar-refractivity contribution in [2.24, 2.45) is 0 Å². The van der Waals surface area contributed by atoms with Crippen LogP contribution in [0.25, 0.3) is 0 Å². The van der Waals surface area contributed by atoms with E-state index in [0.717, 1.165) is 10.6 Å². The van der Waals surface area contributed by atoms with E-state index in [1.54, 1.807) is 24.3 Å². The second-order valence-corrected chi connectivity index (χ2v) is 5.85. The van der Waals surface area contributed by atoms with Gasteiger partial charge in [-0.1, -0.05) is 63.8 Å². The van der Waals surface area contributed by atoms with E-state index >= 15 is 0 Å². The fourth-order valence-electron chi connectivity index (χ4n) is 1.11. The average Bonchev–Trinajstić information content (AvgIpc) is 2.40. The first-order valence-electron chi connectivity index (χ1n) is 6.04. The molecule has 0 rings (SSSR count). The molecule has 110 valence electrons. The Morgan fingerprint density at radius 2 is 1.10 bits per heavy atom. The number of rotatable bonds is 8. The molecule has 0 nitrogen and oxygen atoms in total. The molecule has 0 amide bonds. The quantitative estimate of drug-likeness (QED) is 0.383. The zero-order valence-electron chi connectivity index (χ0n) is 12.2. The summed E-state index contributed by atoms with van der Waals surface area (Å²) in [6.45, 7) is 22.4. The van der Waals surface area contributed by atoms with Crippen molar-refractivity contribution in [1.82, 2.24) is 0 Å². The van der Waals surface area contributed by atoms with E-state index in [0.29, 0.717) is 16.7 Å². The van der Waals surface area contributed by atoms with Crippen molar-refractivity contribution < 1.29 is 4.39 Å². The van der Waals surface area contributed by atoms with Crippen LogP contribution in [0.2, 0.25) is 0 Å². The van der Waals surface area contributed by atoms with Gasteiger partial charge in [0.15, 0.2) is 0 Å². The molecular formula is C18H21FP2. The van der Waals surface area contributed by atoms with E-state index in [-0.39, 0.29) is 5.57 Å². The molecule has 0 heterocycles. The summed E-state index contributed by atoms with van der Waals surface area (Å²) in [5, 5.41) is 1.57. The minimum absolute atomic E-state index is 0.200. The highest BCUT2D eigenvalue weighted by atomic mass is 31.0. The standard InChI is InChI=1S/C18H21FP2/c1-12(7-9-15(4)20)14(3)11-18(19)17(6)13(2)8-10-16(5)21/h7-11H,1-6,20-21H2/b9-7-,10-8-,18-11+. The average molecular weight is 318 g/mol. The maximum absolute atomic E-state index is 14.1. The molecule has 0 aliphatic rings. The van der Waals surface area contributed by atoms with Crippen molar-refractivity contribution in [3.05, 3.63) is 109 Å². The molecule has 0 aliphatic heterocycles. The predicted octanol–water partition coefficient (Wildman–Crippen LogP) is 5.95. The highest BCUT2D eigenvalue weighted by molar-refractivity contribution is 7.23. The lowest BCUT2D eigenvalue weighted by Crippen LogP contribution is -1.87. The molecular weight excluding hydrogens is 297 g/mol. The molecule has 0 aromatic heterocycles. The smallest absolute Gasteiger partial charge is 0.131 e. The van der Waals surface area contributed by atoms with Gasteiger partial charge in [0.05, 0.1) is 0 Å². The largest absolute Gasteiger partial charge is 0.206 e. The van der Waals surface area contributed by atoms with Crippen LogP contribution in [0.1, 0.15) is 0 Å². The molecule has 0 spiro atoms. The second kappa shape index (κ2) is 9.40. The maximum atomic E-state index is 14.1. The summed E-state index contributed by atoms with van der Waals surface area (Å²) in [5.41, 5.74) is 1.73. The zero-order valence-corrected chi connectivity index (χ0v) is 14.5. The minimum Gasteiger partial charge on any atom is -0.206 e. The van der Waals surface area contributed by atoms with Gasteiger partial charge in [-0.15, -0.1) is 18.5 Å². The van der Waals surface area contributed by atoms with Crippen molar-refractivity contribution in [2.45, 2.75) is 0 Å². The van der Waals surface area contributed by atoms with E-state index in [9.17, 15) is 4.39 Å². The fourth-order valence-corrected chi connectivity index (χ4v) is 1.30. The maximum Gasteiger partial charge on any atom is 0.131 e. The van der Waals surface area contributed by atoms with E-state index in [1.165, 1.54) is 6.08 Å². The molecule has 0 bridgehead atoms. The van der Waals surface area contributed by atoms with Gasteiger partial charge in [-0.2, -0.15) is 0 Å². The fraction of sp³-hybridized carbons (Fsp3) is 0. The Bertz CT molecular complexity index is 599. The zero-order chi connectivity index (χ0) is 16.6. The third-order valence-corrected chi connectivity index (χ3v) is 2.77. The molecule has 0 N–H and O–H groups in total. The Morgan fingerprint density at radius 1 is 0.667 bits per heavy atom. The van der Waals surface area contributed by atoms with Gasteiger partial charge in [0.2, 0.25) is 0 Å². The van der Waals surface area contributed by atoms with Crippen LogP contribution in [-0.4, -0.2) is 0 Å². The normalized spacial score (nSPS) is 11.7. The number of allylic oxidation sites excluding steroid dienone is 12. The van der Waals surface area contributed by atoms with Gasteiger partial charge in [-0.25, -0.2) is 4.39 Å². The van der Waals surface area contributed by atoms with Gasteiger partial charge < -0.3 is 0 Å². The third kappa shape index (κ3) is 8.35. The number of hydrogen-bond donors (Lipinski definition) is 0. The molecule has 0 fully saturated rings. The third-order valence-electron chi connectivity index (χ3n) is 2.39. The highest BCUT2D eigenvalue weighted by Gasteiger charge is 2.05. The van der Waals surface area contributed by atoms with E-state index in [4.69, 9.17) is 0 Å². The topological polar surface area (TPSA) is 0 Å². The molecule has 0 aromatic carbocycles. The first-order chi connectivity index (χ1) is 9.65. The van der Waals surface area contributed by atoms with Crippen LogP contribution in [-0.2, 0) is 0 Å². The summed E-state index contributed by atoms with van der Waals surface area (Å²) in [4.78, 5) is 0. The highest BCUT2D eigenvalue weighted by Crippen LogP contribution is 2.23. The summed E-state index contributed by atoms with van der Waals surface area (Å²) < 4.78 is 14.1. The first-order valence-corrected chi connectivity index (χ1v) is 7.19. The molecule has 0 saturated heterocycles. The Labute approximate surface area is 132 Å². The van der Waals surface area contributed by atoms with Gasteiger partial charge in [-0.05, 0) is 33.4 Å². The van der Waals surface area contributed by atoms with Crippen LogP contribution in [0.3, 0.4) is 0 Å². The van der Waals surface area contributed by atoms with E-state index < -0.39 is 5.83 Å². The van der Waals surface area contributed by atoms with E-state index in [2.05, 4.69) is 58.0 Å². The molecule has 0 aromatic rings. The number of hydrogen-bond acceptors (Lipinski definition) is 0. The molecule has 0 saturated carbocycles. The van der Waals surface area contributed by atoms with Gasteiger partial charge in [0.1, 0.15) is 5.83 Å². The van der Waals surface area contributed by atoms with Gasteiger partial charge in [0.25, 0.3) is 0 Å². The Hall–Kier alpha value is -1.55. The SMILES string of the molecule is C=C(P)/C=C\C(=C)C(=C)/C=C(/F)C(=C)C(=C)/C=C\C(=C)P. The lowest BCUT2D eigenvalue weighted by Gasteiger charge is -2.05. The van der Waals surface area contributed by atoms with Crippen molar-refractivity contribution in [3.63, 3.8) is 0 Å². The Morgan fingerprint density at radius 3 is 1.52 bits per heavy atom. The van der Waals surface area contributed by atoms with Crippen molar-refractivity contribution >= 4 is 18.5 Å². The molecule has 0 aliphatic carbocycles. The monoisotopic (exact) mass is 318 g/mol. The van der Waals surface area contributed by atoms with Crippen LogP contribution < -0.4 is 0 Å². The van der Waals surface area contributed by atoms with Crippen LogP contribution >= 0.6 is 18.5 Å². The summed E-state index contributed by atoms with van der Waals surface area (Å²) >= 11 is 0. The molecule has 0 radical (unpaired) electrons. The van der Waals surface area contributed by atoms with Crippen LogP contribution in [0.4, 0.5) is 4.39 Å². The Kier molecular flexibility index (Phi) is 8.70. The second-order valence-electron chi connectivity index (χ2n) is 4.36. The predicted molar refractivity (Wildman–Crippen MR) is 102 cm³/mol. The molecule has 2 atom stereocenters. The summed E-state index contributed by atoms with van der Waals surface area (Å²) in [6, 6.07) is 0. The van der Waals surface area contributed by atoms with Gasteiger partial charge in [-0.3, -0.25) is 0 Å². The summed E-state index contributed by atoms with van der Waals surface area (Å²) in [6.07, 6.45) is 8.13. The number of halogens is 1. The van der Waals surface area contributed by atoms with Crippen molar-refractivity contribution in [3.8, 4) is 0 Å². The summed E-state index contributed by atoms with van der Waals surface area (Å²) in [7, 11) is 4.89. The van der Waals surface area contributed by atoms with Gasteiger partial charge >= 0.3 is 0 Å². The first kappa shape index (κ1) is 19.4. The molecule has 2 unspecified atom stereocenters. The molecule has 21 heavy (non-hydrogen) atoms. The summed E-state index contributed by atoms with van der Waals surface area (Å²) in [5.74, 6) is -0.497. The van der Waals surface area contributed by atoms with Crippen molar-refractivity contribution in [2.75, 3.05) is 0 Å². The van der Waals surface area contributed by atoms with Crippen LogP contribution in [0, 0.1) is 0 Å². The molecule has 3 heteroatoms. The van der Waals surface area contributed by atoms with Crippen LogP contribution in [0.15, 0.2) is 109 Å².